The van der Waals surface area contributed by atoms with E-state index in [-0.39, 0.29) is 6.10 Å². The number of hydrogen-bond acceptors (Lipinski definition) is 5. The van der Waals surface area contributed by atoms with Gasteiger partial charge >= 0.3 is 0 Å². The molecule has 2 aromatic rings. The van der Waals surface area contributed by atoms with Crippen molar-refractivity contribution in [2.45, 2.75) is 33.4 Å². The average Bonchev–Trinajstić information content (AvgIpc) is 2.73. The van der Waals surface area contributed by atoms with Crippen molar-refractivity contribution in [1.29, 1.82) is 0 Å². The molecule has 1 aliphatic rings. The maximum Gasteiger partial charge on any atom is 0.225 e. The van der Waals surface area contributed by atoms with E-state index in [9.17, 15) is 0 Å². The van der Waals surface area contributed by atoms with Gasteiger partial charge in [0.1, 0.15) is 5.75 Å². The Hall–Kier alpha value is -2.83. The number of nitrogens with one attached hydrogen (secondary N) is 1. The Morgan fingerprint density at radius 3 is 2.39 bits per heavy atom. The number of aromatic nitrogens is 2. The number of ether oxygens (including phenoxy) is 1. The van der Waals surface area contributed by atoms with Gasteiger partial charge in [0, 0.05) is 45.1 Å². The molecule has 1 saturated heterocycles. The van der Waals surface area contributed by atoms with Crippen molar-refractivity contribution in [3.8, 4) is 5.75 Å². The first kappa shape index (κ1) is 19.9. The third kappa shape index (κ3) is 5.58. The van der Waals surface area contributed by atoms with Crippen LogP contribution in [0.5, 0.6) is 5.75 Å². The van der Waals surface area contributed by atoms with Crippen LogP contribution in [-0.4, -0.2) is 59.7 Å². The second-order valence-electron chi connectivity index (χ2n) is 7.00. The van der Waals surface area contributed by atoms with E-state index in [1.54, 1.807) is 12.4 Å². The van der Waals surface area contributed by atoms with E-state index in [4.69, 9.17) is 9.73 Å². The molecular weight excluding hydrogens is 352 g/mol. The van der Waals surface area contributed by atoms with E-state index in [0.29, 0.717) is 6.54 Å². The lowest BCUT2D eigenvalue weighted by Crippen LogP contribution is -2.52. The molecule has 0 bridgehead atoms. The SMILES string of the molecule is CCNC(=NCc1ccc(OC(C)C)cc1)N1CCN(c2ncccn2)CC1. The number of anilines is 1. The fraction of sp³-hybridized carbons (Fsp3) is 0.476. The van der Waals surface area contributed by atoms with E-state index in [1.807, 2.05) is 32.0 Å². The molecular formula is C21H30N6O. The molecule has 7 nitrogen and oxygen atoms in total. The third-order valence-corrected chi connectivity index (χ3v) is 4.46. The lowest BCUT2D eigenvalue weighted by Gasteiger charge is -2.36. The zero-order valence-corrected chi connectivity index (χ0v) is 17.0. The number of aliphatic imine (C=N–C) groups is 1. The average molecular weight is 383 g/mol. The van der Waals surface area contributed by atoms with Gasteiger partial charge in [0.25, 0.3) is 0 Å². The van der Waals surface area contributed by atoms with Gasteiger partial charge in [-0.1, -0.05) is 12.1 Å². The fourth-order valence-electron chi connectivity index (χ4n) is 3.11. The quantitative estimate of drug-likeness (QED) is 0.612. The van der Waals surface area contributed by atoms with Crippen LogP contribution >= 0.6 is 0 Å². The predicted molar refractivity (Wildman–Crippen MR) is 113 cm³/mol. The molecule has 1 N–H and O–H groups in total. The summed E-state index contributed by atoms with van der Waals surface area (Å²) in [5.74, 6) is 2.65. The summed E-state index contributed by atoms with van der Waals surface area (Å²) in [7, 11) is 0. The fourth-order valence-corrected chi connectivity index (χ4v) is 3.11. The van der Waals surface area contributed by atoms with Crippen LogP contribution in [0.25, 0.3) is 0 Å². The number of benzene rings is 1. The number of guanidine groups is 1. The number of hydrogen-bond donors (Lipinski definition) is 1. The minimum absolute atomic E-state index is 0.184. The maximum atomic E-state index is 5.70. The lowest BCUT2D eigenvalue weighted by atomic mass is 10.2. The number of nitrogens with zero attached hydrogens (tertiary/aromatic N) is 5. The highest BCUT2D eigenvalue weighted by atomic mass is 16.5. The molecule has 150 valence electrons. The van der Waals surface area contributed by atoms with Crippen LogP contribution in [0.2, 0.25) is 0 Å². The molecule has 1 aliphatic heterocycles. The predicted octanol–water partition coefficient (Wildman–Crippen LogP) is 2.55. The Labute approximate surface area is 167 Å². The molecule has 0 unspecified atom stereocenters. The zero-order chi connectivity index (χ0) is 19.8. The Morgan fingerprint density at radius 1 is 1.11 bits per heavy atom. The van der Waals surface area contributed by atoms with E-state index < -0.39 is 0 Å². The lowest BCUT2D eigenvalue weighted by molar-refractivity contribution is 0.242. The largest absolute Gasteiger partial charge is 0.491 e. The molecule has 0 radical (unpaired) electrons. The van der Waals surface area contributed by atoms with Crippen molar-refractivity contribution in [1.82, 2.24) is 20.2 Å². The molecule has 0 spiro atoms. The van der Waals surface area contributed by atoms with Gasteiger partial charge in [0.05, 0.1) is 12.6 Å². The maximum absolute atomic E-state index is 5.70. The monoisotopic (exact) mass is 382 g/mol. The number of rotatable bonds is 6. The van der Waals surface area contributed by atoms with Gasteiger partial charge in [-0.2, -0.15) is 0 Å². The van der Waals surface area contributed by atoms with Crippen molar-refractivity contribution in [2.24, 2.45) is 4.99 Å². The summed E-state index contributed by atoms with van der Waals surface area (Å²) < 4.78 is 5.70. The standard InChI is InChI=1S/C21H30N6O/c1-4-22-20(25-16-18-6-8-19(9-7-18)28-17(2)3)26-12-14-27(15-13-26)21-23-10-5-11-24-21/h5-11,17H,4,12-16H2,1-3H3,(H,22,25). The summed E-state index contributed by atoms with van der Waals surface area (Å²) in [5, 5.41) is 3.42. The van der Waals surface area contributed by atoms with E-state index in [2.05, 4.69) is 44.1 Å². The van der Waals surface area contributed by atoms with Crippen molar-refractivity contribution in [3.63, 3.8) is 0 Å². The van der Waals surface area contributed by atoms with Crippen molar-refractivity contribution >= 4 is 11.9 Å². The first-order valence-corrected chi connectivity index (χ1v) is 9.96. The molecule has 0 amide bonds. The molecule has 0 atom stereocenters. The molecule has 1 aromatic carbocycles. The van der Waals surface area contributed by atoms with Crippen LogP contribution in [-0.2, 0) is 6.54 Å². The van der Waals surface area contributed by atoms with Crippen molar-refractivity contribution < 1.29 is 4.74 Å². The first-order valence-electron chi connectivity index (χ1n) is 9.96. The van der Waals surface area contributed by atoms with Gasteiger partial charge in [0.2, 0.25) is 5.95 Å². The van der Waals surface area contributed by atoms with Crippen LogP contribution in [0.4, 0.5) is 5.95 Å². The zero-order valence-electron chi connectivity index (χ0n) is 17.0. The van der Waals surface area contributed by atoms with Gasteiger partial charge in [-0.05, 0) is 44.5 Å². The minimum Gasteiger partial charge on any atom is -0.491 e. The second kappa shape index (κ2) is 9.92. The smallest absolute Gasteiger partial charge is 0.225 e. The molecule has 7 heteroatoms. The van der Waals surface area contributed by atoms with E-state index in [0.717, 1.165) is 50.4 Å². The Kier molecular flexibility index (Phi) is 7.06. The van der Waals surface area contributed by atoms with Crippen molar-refractivity contribution in [3.05, 3.63) is 48.3 Å². The molecule has 1 fully saturated rings. The van der Waals surface area contributed by atoms with E-state index in [1.165, 1.54) is 5.56 Å². The highest BCUT2D eigenvalue weighted by Crippen LogP contribution is 2.15. The molecule has 2 heterocycles. The summed E-state index contributed by atoms with van der Waals surface area (Å²) in [5.41, 5.74) is 1.17. The number of piperazine rings is 1. The van der Waals surface area contributed by atoms with Crippen LogP contribution in [0.15, 0.2) is 47.7 Å². The van der Waals surface area contributed by atoms with Gasteiger partial charge in [-0.3, -0.25) is 0 Å². The summed E-state index contributed by atoms with van der Waals surface area (Å²) in [4.78, 5) is 18.1. The Morgan fingerprint density at radius 2 is 1.79 bits per heavy atom. The van der Waals surface area contributed by atoms with Crippen molar-refractivity contribution in [2.75, 3.05) is 37.6 Å². The summed E-state index contributed by atoms with van der Waals surface area (Å²) in [6, 6.07) is 10.0. The molecule has 3 rings (SSSR count). The van der Waals surface area contributed by atoms with Crippen LogP contribution in [0.1, 0.15) is 26.3 Å². The topological polar surface area (TPSA) is 65.9 Å². The van der Waals surface area contributed by atoms with Crippen LogP contribution in [0, 0.1) is 0 Å². The van der Waals surface area contributed by atoms with Gasteiger partial charge in [0.15, 0.2) is 5.96 Å². The Bertz CT molecular complexity index is 739. The summed E-state index contributed by atoms with van der Waals surface area (Å²) >= 11 is 0. The first-order chi connectivity index (χ1) is 13.7. The highest BCUT2D eigenvalue weighted by molar-refractivity contribution is 5.80. The van der Waals surface area contributed by atoms with Gasteiger partial charge in [-0.25, -0.2) is 15.0 Å². The van der Waals surface area contributed by atoms with Gasteiger partial charge < -0.3 is 19.9 Å². The molecule has 0 saturated carbocycles. The van der Waals surface area contributed by atoms with Gasteiger partial charge in [-0.15, -0.1) is 0 Å². The minimum atomic E-state index is 0.184. The highest BCUT2D eigenvalue weighted by Gasteiger charge is 2.21. The second-order valence-corrected chi connectivity index (χ2v) is 7.00. The third-order valence-electron chi connectivity index (χ3n) is 4.46. The summed E-state index contributed by atoms with van der Waals surface area (Å²) in [6.07, 6.45) is 3.76. The van der Waals surface area contributed by atoms with Crippen LogP contribution in [0.3, 0.4) is 0 Å². The van der Waals surface area contributed by atoms with E-state index >= 15 is 0 Å². The van der Waals surface area contributed by atoms with Crippen LogP contribution < -0.4 is 15.0 Å². The summed E-state index contributed by atoms with van der Waals surface area (Å²) in [6.45, 7) is 11.2. The molecule has 28 heavy (non-hydrogen) atoms. The molecule has 0 aliphatic carbocycles. The Balaban J connectivity index is 1.58. The normalized spacial score (nSPS) is 15.1. The molecule has 1 aromatic heterocycles.